The lowest BCUT2D eigenvalue weighted by atomic mass is 9.82. The number of imidazole rings is 1. The van der Waals surface area contributed by atoms with Gasteiger partial charge in [0.05, 0.1) is 30.2 Å². The number of nitrogens with zero attached hydrogens (tertiary/aromatic N) is 4. The van der Waals surface area contributed by atoms with E-state index in [0.29, 0.717) is 18.4 Å². The Morgan fingerprint density at radius 3 is 2.93 bits per heavy atom. The largest absolute Gasteiger partial charge is 0.489 e. The van der Waals surface area contributed by atoms with Gasteiger partial charge in [0.15, 0.2) is 5.75 Å². The summed E-state index contributed by atoms with van der Waals surface area (Å²) in [5, 5.41) is 0. The average Bonchev–Trinajstić information content (AvgIpc) is 3.29. The van der Waals surface area contributed by atoms with Crippen molar-refractivity contribution < 1.29 is 4.74 Å². The molecule has 2 aliphatic carbocycles. The highest BCUT2D eigenvalue weighted by atomic mass is 16.5. The zero-order valence-corrected chi connectivity index (χ0v) is 16.1. The van der Waals surface area contributed by atoms with Gasteiger partial charge in [0, 0.05) is 17.5 Å². The van der Waals surface area contributed by atoms with Gasteiger partial charge >= 0.3 is 0 Å². The molecule has 3 aromatic rings. The van der Waals surface area contributed by atoms with Crippen molar-refractivity contribution in [2.45, 2.75) is 32.6 Å². The first-order valence-electron chi connectivity index (χ1n) is 9.72. The molecule has 0 spiro atoms. The van der Waals surface area contributed by atoms with Crippen LogP contribution < -0.4 is 4.74 Å². The third-order valence-corrected chi connectivity index (χ3v) is 6.02. The molecule has 2 aliphatic rings. The SMILES string of the molecule is Cc1ncc(OC[C@@]2(C3C=CC=CC3)C[C@H]2c2nc3cnccc3[nH]2)c(C)n1. The summed E-state index contributed by atoms with van der Waals surface area (Å²) < 4.78 is 6.26. The smallest absolute Gasteiger partial charge is 0.158 e. The molecule has 1 unspecified atom stereocenters. The molecule has 0 amide bonds. The fraction of sp³-hybridized carbons (Fsp3) is 0.364. The first-order valence-corrected chi connectivity index (χ1v) is 9.72. The van der Waals surface area contributed by atoms with Crippen LogP contribution in [0.1, 0.15) is 36.1 Å². The van der Waals surface area contributed by atoms with Gasteiger partial charge in [-0.25, -0.2) is 15.0 Å². The number of aromatic nitrogens is 5. The molecule has 1 saturated carbocycles. The Labute approximate surface area is 163 Å². The molecule has 0 radical (unpaired) electrons. The summed E-state index contributed by atoms with van der Waals surface area (Å²) >= 11 is 0. The highest BCUT2D eigenvalue weighted by Crippen LogP contribution is 2.64. The van der Waals surface area contributed by atoms with Crippen molar-refractivity contribution in [3.8, 4) is 5.75 Å². The van der Waals surface area contributed by atoms with Crippen molar-refractivity contribution in [1.29, 1.82) is 0 Å². The normalized spacial score (nSPS) is 25.9. The standard InChI is InChI=1S/C22H23N5O/c1-14-20(12-24-15(2)25-14)28-13-22(16-6-4-3-5-7-16)10-17(22)21-26-18-8-9-23-11-19(18)27-21/h3-6,8-9,11-12,16-17H,7,10,13H2,1-2H3,(H,26,27)/t16?,17-,22+/m0/s1. The number of rotatable bonds is 5. The molecular weight excluding hydrogens is 350 g/mol. The molecule has 3 aromatic heterocycles. The molecule has 0 bridgehead atoms. The lowest BCUT2D eigenvalue weighted by molar-refractivity contribution is 0.186. The van der Waals surface area contributed by atoms with Crippen LogP contribution in [0.4, 0.5) is 0 Å². The second-order valence-corrected chi connectivity index (χ2v) is 7.82. The average molecular weight is 373 g/mol. The predicted molar refractivity (Wildman–Crippen MR) is 107 cm³/mol. The number of nitrogens with one attached hydrogen (secondary N) is 1. The van der Waals surface area contributed by atoms with E-state index < -0.39 is 0 Å². The van der Waals surface area contributed by atoms with Gasteiger partial charge in [0.2, 0.25) is 0 Å². The number of aromatic amines is 1. The number of hydrogen-bond acceptors (Lipinski definition) is 5. The molecule has 0 aromatic carbocycles. The van der Waals surface area contributed by atoms with E-state index in [2.05, 4.69) is 44.2 Å². The monoisotopic (exact) mass is 373 g/mol. The molecule has 1 fully saturated rings. The second kappa shape index (κ2) is 6.55. The van der Waals surface area contributed by atoms with E-state index in [9.17, 15) is 0 Å². The first-order chi connectivity index (χ1) is 13.7. The molecule has 3 atom stereocenters. The van der Waals surface area contributed by atoms with E-state index in [1.807, 2.05) is 26.1 Å². The molecule has 1 N–H and O–H groups in total. The summed E-state index contributed by atoms with van der Waals surface area (Å²) in [5.41, 5.74) is 2.86. The maximum atomic E-state index is 6.26. The Morgan fingerprint density at radius 1 is 1.21 bits per heavy atom. The van der Waals surface area contributed by atoms with Gasteiger partial charge in [0.25, 0.3) is 0 Å². The number of hydrogen-bond donors (Lipinski definition) is 1. The third-order valence-electron chi connectivity index (χ3n) is 6.02. The summed E-state index contributed by atoms with van der Waals surface area (Å²) in [6, 6.07) is 1.97. The van der Waals surface area contributed by atoms with Crippen LogP contribution >= 0.6 is 0 Å². The van der Waals surface area contributed by atoms with Crippen LogP contribution in [0.3, 0.4) is 0 Å². The lowest BCUT2D eigenvalue weighted by Crippen LogP contribution is -2.25. The topological polar surface area (TPSA) is 76.6 Å². The molecule has 142 valence electrons. The minimum Gasteiger partial charge on any atom is -0.489 e. The predicted octanol–water partition coefficient (Wildman–Crippen LogP) is 4.05. The molecular formula is C22H23N5O. The number of fused-ring (bicyclic) bond motifs is 1. The van der Waals surface area contributed by atoms with Crippen LogP contribution in [0.2, 0.25) is 0 Å². The third kappa shape index (κ3) is 2.89. The van der Waals surface area contributed by atoms with Gasteiger partial charge in [-0.05, 0) is 38.7 Å². The molecule has 0 aliphatic heterocycles. The Kier molecular flexibility index (Phi) is 4.00. The van der Waals surface area contributed by atoms with Crippen molar-refractivity contribution in [3.05, 3.63) is 66.3 Å². The van der Waals surface area contributed by atoms with Gasteiger partial charge in [-0.15, -0.1) is 0 Å². The lowest BCUT2D eigenvalue weighted by Gasteiger charge is -2.26. The summed E-state index contributed by atoms with van der Waals surface area (Å²) in [4.78, 5) is 21.2. The van der Waals surface area contributed by atoms with Crippen molar-refractivity contribution in [2.24, 2.45) is 11.3 Å². The number of ether oxygens (including phenoxy) is 1. The second-order valence-electron chi connectivity index (χ2n) is 7.82. The van der Waals surface area contributed by atoms with Crippen molar-refractivity contribution >= 4 is 11.0 Å². The van der Waals surface area contributed by atoms with E-state index in [0.717, 1.165) is 47.0 Å². The van der Waals surface area contributed by atoms with Crippen molar-refractivity contribution in [3.63, 3.8) is 0 Å². The molecule has 0 saturated heterocycles. The summed E-state index contributed by atoms with van der Waals surface area (Å²) in [6.07, 6.45) is 16.3. The Morgan fingerprint density at radius 2 is 2.14 bits per heavy atom. The van der Waals surface area contributed by atoms with Crippen LogP contribution in [0.5, 0.6) is 5.75 Å². The van der Waals surface area contributed by atoms with Crippen LogP contribution in [0.15, 0.2) is 49.0 Å². The highest BCUT2D eigenvalue weighted by molar-refractivity contribution is 5.73. The molecule has 6 nitrogen and oxygen atoms in total. The van der Waals surface area contributed by atoms with E-state index in [1.165, 1.54) is 0 Å². The van der Waals surface area contributed by atoms with Gasteiger partial charge < -0.3 is 9.72 Å². The Bertz CT molecular complexity index is 1050. The number of allylic oxidation sites excluding steroid dienone is 4. The summed E-state index contributed by atoms with van der Waals surface area (Å²) in [7, 11) is 0. The molecule has 28 heavy (non-hydrogen) atoms. The minimum absolute atomic E-state index is 0.0277. The van der Waals surface area contributed by atoms with E-state index in [-0.39, 0.29) is 5.41 Å². The van der Waals surface area contributed by atoms with Crippen LogP contribution in [-0.4, -0.2) is 31.5 Å². The number of pyridine rings is 1. The van der Waals surface area contributed by atoms with Gasteiger partial charge in [-0.2, -0.15) is 0 Å². The zero-order chi connectivity index (χ0) is 19.1. The highest BCUT2D eigenvalue weighted by Gasteiger charge is 2.60. The van der Waals surface area contributed by atoms with Gasteiger partial charge in [-0.1, -0.05) is 24.3 Å². The van der Waals surface area contributed by atoms with E-state index >= 15 is 0 Å². The maximum Gasteiger partial charge on any atom is 0.158 e. The number of aryl methyl sites for hydroxylation is 2. The van der Waals surface area contributed by atoms with Crippen molar-refractivity contribution in [1.82, 2.24) is 24.9 Å². The zero-order valence-electron chi connectivity index (χ0n) is 16.1. The quantitative estimate of drug-likeness (QED) is 0.730. The van der Waals surface area contributed by atoms with Crippen LogP contribution in [0, 0.1) is 25.2 Å². The minimum atomic E-state index is 0.0277. The number of H-pyrrole nitrogens is 1. The van der Waals surface area contributed by atoms with Crippen LogP contribution in [0.25, 0.3) is 11.0 Å². The maximum absolute atomic E-state index is 6.26. The molecule has 6 heteroatoms. The van der Waals surface area contributed by atoms with Crippen molar-refractivity contribution in [2.75, 3.05) is 6.61 Å². The van der Waals surface area contributed by atoms with Gasteiger partial charge in [0.1, 0.15) is 17.2 Å². The first kappa shape index (κ1) is 17.1. The molecule has 5 rings (SSSR count). The van der Waals surface area contributed by atoms with E-state index in [1.54, 1.807) is 12.4 Å². The summed E-state index contributed by atoms with van der Waals surface area (Å²) in [6.45, 7) is 4.49. The van der Waals surface area contributed by atoms with Gasteiger partial charge in [-0.3, -0.25) is 4.98 Å². The van der Waals surface area contributed by atoms with E-state index in [4.69, 9.17) is 9.72 Å². The summed E-state index contributed by atoms with van der Waals surface area (Å²) in [5.74, 6) is 3.33. The fourth-order valence-electron chi connectivity index (χ4n) is 4.34. The molecule has 3 heterocycles. The Hall–Kier alpha value is -3.02. The Balaban J connectivity index is 1.43. The fourth-order valence-corrected chi connectivity index (χ4v) is 4.34. The van der Waals surface area contributed by atoms with Crippen LogP contribution in [-0.2, 0) is 0 Å².